The second-order valence-corrected chi connectivity index (χ2v) is 7.00. The number of anilines is 1. The lowest BCUT2D eigenvalue weighted by Crippen LogP contribution is -2.52. The number of amides is 1. The Morgan fingerprint density at radius 3 is 2.33 bits per heavy atom. The summed E-state index contributed by atoms with van der Waals surface area (Å²) < 4.78 is 0. The molecule has 140 valence electrons. The van der Waals surface area contributed by atoms with E-state index in [0.29, 0.717) is 6.54 Å². The third-order valence-electron chi connectivity index (χ3n) is 5.26. The highest BCUT2D eigenvalue weighted by molar-refractivity contribution is 5.79. The van der Waals surface area contributed by atoms with Crippen LogP contribution in [0.3, 0.4) is 0 Å². The first-order valence-corrected chi connectivity index (χ1v) is 9.56. The maximum Gasteiger partial charge on any atom is 0.236 e. The first-order valence-electron chi connectivity index (χ1n) is 9.56. The zero-order chi connectivity index (χ0) is 18.5. The van der Waals surface area contributed by atoms with Crippen LogP contribution in [0, 0.1) is 0 Å². The predicted octanol–water partition coefficient (Wildman–Crippen LogP) is 1.91. The fourth-order valence-corrected chi connectivity index (χ4v) is 3.67. The van der Waals surface area contributed by atoms with Gasteiger partial charge in [-0.15, -0.1) is 0 Å². The number of piperazine rings is 1. The standard InChI is InChI=1S/C21H25N5O/c27-20(25-13-15-26(16-14-25)21-22-9-4-10-23-21)17-24-11-7-19(8-12-24)18-5-2-1-3-6-18/h1-7,9-10H,8,11-17H2. The molecule has 0 bridgehead atoms. The number of carbonyl (C=O) groups is 1. The van der Waals surface area contributed by atoms with Crippen molar-refractivity contribution in [3.63, 3.8) is 0 Å². The molecule has 2 aromatic rings. The third-order valence-corrected chi connectivity index (χ3v) is 5.26. The molecule has 6 nitrogen and oxygen atoms in total. The lowest BCUT2D eigenvalue weighted by Gasteiger charge is -2.36. The maximum absolute atomic E-state index is 12.7. The summed E-state index contributed by atoms with van der Waals surface area (Å²) in [5, 5.41) is 0. The van der Waals surface area contributed by atoms with E-state index in [9.17, 15) is 4.79 Å². The molecular formula is C21H25N5O. The van der Waals surface area contributed by atoms with Crippen LogP contribution in [0.5, 0.6) is 0 Å². The fourth-order valence-electron chi connectivity index (χ4n) is 3.67. The molecule has 1 aromatic heterocycles. The van der Waals surface area contributed by atoms with E-state index in [0.717, 1.165) is 51.6 Å². The van der Waals surface area contributed by atoms with Crippen LogP contribution in [0.2, 0.25) is 0 Å². The smallest absolute Gasteiger partial charge is 0.236 e. The van der Waals surface area contributed by atoms with Gasteiger partial charge in [-0.05, 0) is 23.6 Å². The average molecular weight is 363 g/mol. The van der Waals surface area contributed by atoms with Gasteiger partial charge in [-0.3, -0.25) is 9.69 Å². The van der Waals surface area contributed by atoms with Crippen molar-refractivity contribution in [1.29, 1.82) is 0 Å². The highest BCUT2D eigenvalue weighted by Gasteiger charge is 2.24. The Bertz CT molecular complexity index is 785. The van der Waals surface area contributed by atoms with E-state index < -0.39 is 0 Å². The molecule has 27 heavy (non-hydrogen) atoms. The minimum absolute atomic E-state index is 0.222. The van der Waals surface area contributed by atoms with Crippen molar-refractivity contribution < 1.29 is 4.79 Å². The Morgan fingerprint density at radius 2 is 1.67 bits per heavy atom. The highest BCUT2D eigenvalue weighted by Crippen LogP contribution is 2.22. The third kappa shape index (κ3) is 4.34. The van der Waals surface area contributed by atoms with Crippen molar-refractivity contribution in [3.8, 4) is 0 Å². The van der Waals surface area contributed by atoms with Crippen molar-refractivity contribution >= 4 is 17.4 Å². The zero-order valence-corrected chi connectivity index (χ0v) is 15.5. The fraction of sp³-hybridized carbons (Fsp3) is 0.381. The summed E-state index contributed by atoms with van der Waals surface area (Å²) >= 11 is 0. The van der Waals surface area contributed by atoms with Crippen molar-refractivity contribution in [2.75, 3.05) is 50.7 Å². The van der Waals surface area contributed by atoms with Gasteiger partial charge in [-0.1, -0.05) is 36.4 Å². The number of hydrogen-bond acceptors (Lipinski definition) is 5. The highest BCUT2D eigenvalue weighted by atomic mass is 16.2. The Kier molecular flexibility index (Phi) is 5.44. The molecule has 1 fully saturated rings. The van der Waals surface area contributed by atoms with E-state index in [1.807, 2.05) is 17.0 Å². The molecule has 1 aromatic carbocycles. The van der Waals surface area contributed by atoms with Crippen LogP contribution in [-0.2, 0) is 4.79 Å². The van der Waals surface area contributed by atoms with Crippen LogP contribution in [-0.4, -0.2) is 71.5 Å². The maximum atomic E-state index is 12.7. The first-order chi connectivity index (χ1) is 13.3. The number of nitrogens with zero attached hydrogens (tertiary/aromatic N) is 5. The molecule has 6 heteroatoms. The number of benzene rings is 1. The lowest BCUT2D eigenvalue weighted by atomic mass is 9.99. The molecule has 0 atom stereocenters. The zero-order valence-electron chi connectivity index (χ0n) is 15.5. The molecular weight excluding hydrogens is 338 g/mol. The quantitative estimate of drug-likeness (QED) is 0.831. The monoisotopic (exact) mass is 363 g/mol. The summed E-state index contributed by atoms with van der Waals surface area (Å²) in [6.45, 7) is 5.31. The summed E-state index contributed by atoms with van der Waals surface area (Å²) in [7, 11) is 0. The van der Waals surface area contributed by atoms with E-state index >= 15 is 0 Å². The minimum Gasteiger partial charge on any atom is -0.338 e. The normalized spacial score (nSPS) is 18.3. The molecule has 2 aliphatic heterocycles. The SMILES string of the molecule is O=C(CN1CC=C(c2ccccc2)CC1)N1CCN(c2ncccn2)CC1. The average Bonchev–Trinajstić information content (AvgIpc) is 2.76. The van der Waals surface area contributed by atoms with Crippen LogP contribution in [0.1, 0.15) is 12.0 Å². The number of hydrogen-bond donors (Lipinski definition) is 0. The molecule has 0 aliphatic carbocycles. The van der Waals surface area contributed by atoms with Crippen LogP contribution < -0.4 is 4.90 Å². The molecule has 0 unspecified atom stereocenters. The van der Waals surface area contributed by atoms with Crippen LogP contribution in [0.15, 0.2) is 54.9 Å². The first kappa shape index (κ1) is 17.7. The van der Waals surface area contributed by atoms with E-state index in [2.05, 4.69) is 50.1 Å². The predicted molar refractivity (Wildman–Crippen MR) is 106 cm³/mol. The van der Waals surface area contributed by atoms with Gasteiger partial charge in [0.15, 0.2) is 0 Å². The van der Waals surface area contributed by atoms with Crippen molar-refractivity contribution in [2.45, 2.75) is 6.42 Å². The summed E-state index contributed by atoms with van der Waals surface area (Å²) in [4.78, 5) is 27.6. The van der Waals surface area contributed by atoms with Gasteiger partial charge in [-0.25, -0.2) is 9.97 Å². The molecule has 4 rings (SSSR count). The van der Waals surface area contributed by atoms with Crippen LogP contribution in [0.25, 0.3) is 5.57 Å². The van der Waals surface area contributed by atoms with E-state index in [-0.39, 0.29) is 5.91 Å². The number of carbonyl (C=O) groups excluding carboxylic acids is 1. The van der Waals surface area contributed by atoms with E-state index in [4.69, 9.17) is 0 Å². The van der Waals surface area contributed by atoms with Gasteiger partial charge >= 0.3 is 0 Å². The lowest BCUT2D eigenvalue weighted by molar-refractivity contribution is -0.132. The molecule has 0 N–H and O–H groups in total. The van der Waals surface area contributed by atoms with Gasteiger partial charge in [-0.2, -0.15) is 0 Å². The molecule has 0 saturated carbocycles. The molecule has 1 amide bonds. The van der Waals surface area contributed by atoms with E-state index in [1.165, 1.54) is 11.1 Å². The van der Waals surface area contributed by atoms with Gasteiger partial charge in [0.2, 0.25) is 11.9 Å². The molecule has 0 spiro atoms. The molecule has 0 radical (unpaired) electrons. The van der Waals surface area contributed by atoms with Crippen molar-refractivity contribution in [2.24, 2.45) is 0 Å². The minimum atomic E-state index is 0.222. The molecule has 2 aliphatic rings. The summed E-state index contributed by atoms with van der Waals surface area (Å²) in [6, 6.07) is 12.3. The second kappa shape index (κ2) is 8.31. The van der Waals surface area contributed by atoms with Gasteiger partial charge in [0, 0.05) is 51.7 Å². The van der Waals surface area contributed by atoms with E-state index in [1.54, 1.807) is 12.4 Å². The summed E-state index contributed by atoms with van der Waals surface area (Å²) in [5.41, 5.74) is 2.68. The Labute approximate surface area is 160 Å². The topological polar surface area (TPSA) is 52.6 Å². The number of rotatable bonds is 4. The van der Waals surface area contributed by atoms with Gasteiger partial charge < -0.3 is 9.80 Å². The van der Waals surface area contributed by atoms with Crippen LogP contribution in [0.4, 0.5) is 5.95 Å². The summed E-state index contributed by atoms with van der Waals surface area (Å²) in [5.74, 6) is 0.972. The Balaban J connectivity index is 1.26. The Hall–Kier alpha value is -2.73. The summed E-state index contributed by atoms with van der Waals surface area (Å²) in [6.07, 6.45) is 6.77. The molecule has 1 saturated heterocycles. The Morgan fingerprint density at radius 1 is 0.926 bits per heavy atom. The number of aromatic nitrogens is 2. The van der Waals surface area contributed by atoms with Gasteiger partial charge in [0.1, 0.15) is 0 Å². The largest absolute Gasteiger partial charge is 0.338 e. The van der Waals surface area contributed by atoms with Crippen molar-refractivity contribution in [1.82, 2.24) is 19.8 Å². The van der Waals surface area contributed by atoms with Gasteiger partial charge in [0.25, 0.3) is 0 Å². The van der Waals surface area contributed by atoms with Crippen molar-refractivity contribution in [3.05, 3.63) is 60.4 Å². The second-order valence-electron chi connectivity index (χ2n) is 7.00. The van der Waals surface area contributed by atoms with Gasteiger partial charge in [0.05, 0.1) is 6.54 Å². The van der Waals surface area contributed by atoms with Crippen LogP contribution >= 0.6 is 0 Å². The molecule has 3 heterocycles.